The van der Waals surface area contributed by atoms with Crippen molar-refractivity contribution in [2.75, 3.05) is 40.9 Å². The summed E-state index contributed by atoms with van der Waals surface area (Å²) in [5.74, 6) is -0.552. The van der Waals surface area contributed by atoms with Gasteiger partial charge in [0.2, 0.25) is 5.91 Å². The molecule has 0 fully saturated rings. The molecular formula is C71H127N2O7P. The van der Waals surface area contributed by atoms with Gasteiger partial charge in [-0.3, -0.25) is 14.2 Å². The van der Waals surface area contributed by atoms with Crippen LogP contribution in [0.4, 0.5) is 0 Å². The number of unbranched alkanes of at least 4 members (excludes halogenated alkanes) is 30. The summed E-state index contributed by atoms with van der Waals surface area (Å²) in [6, 6.07) is -0.899. The molecule has 468 valence electrons. The van der Waals surface area contributed by atoms with Crippen LogP contribution in [0.1, 0.15) is 290 Å². The molecule has 3 atom stereocenters. The Kier molecular flexibility index (Phi) is 57.8. The number of carbonyl (C=O) groups is 2. The molecule has 0 aromatic heterocycles. The van der Waals surface area contributed by atoms with E-state index in [2.05, 4.69) is 111 Å². The van der Waals surface area contributed by atoms with Crippen LogP contribution in [-0.2, 0) is 27.9 Å². The average molecular weight is 1150 g/mol. The predicted molar refractivity (Wildman–Crippen MR) is 348 cm³/mol. The molecule has 0 aliphatic rings. The third-order valence-electron chi connectivity index (χ3n) is 14.5. The Morgan fingerprint density at radius 1 is 0.444 bits per heavy atom. The lowest BCUT2D eigenvalue weighted by atomic mass is 10.0. The van der Waals surface area contributed by atoms with Gasteiger partial charge in [-0.05, 0) is 109 Å². The molecular weight excluding hydrogens is 1020 g/mol. The third-order valence-corrected chi connectivity index (χ3v) is 15.5. The van der Waals surface area contributed by atoms with Gasteiger partial charge in [-0.2, -0.15) is 0 Å². The summed E-state index contributed by atoms with van der Waals surface area (Å²) >= 11 is 0. The van der Waals surface area contributed by atoms with Gasteiger partial charge in [-0.15, -0.1) is 0 Å². The largest absolute Gasteiger partial charge is 0.756 e. The second kappa shape index (κ2) is 60.1. The molecule has 0 aliphatic carbocycles. The highest BCUT2D eigenvalue weighted by atomic mass is 31.2. The van der Waals surface area contributed by atoms with Crippen molar-refractivity contribution in [3.8, 4) is 0 Å². The van der Waals surface area contributed by atoms with Crippen LogP contribution in [0.5, 0.6) is 0 Å². The molecule has 1 amide bonds. The van der Waals surface area contributed by atoms with E-state index in [-0.39, 0.29) is 24.9 Å². The lowest BCUT2D eigenvalue weighted by Crippen LogP contribution is -2.47. The molecule has 0 aromatic carbocycles. The summed E-state index contributed by atoms with van der Waals surface area (Å²) in [5, 5.41) is 3.03. The highest BCUT2D eigenvalue weighted by Gasteiger charge is 2.27. The molecule has 0 bridgehead atoms. The minimum atomic E-state index is -4.71. The van der Waals surface area contributed by atoms with Gasteiger partial charge in [-0.1, -0.05) is 266 Å². The smallest absolute Gasteiger partial charge is 0.306 e. The Labute approximate surface area is 500 Å². The fraction of sp³-hybridized carbons (Fsp3) is 0.746. The zero-order valence-electron chi connectivity index (χ0n) is 53.5. The maximum Gasteiger partial charge on any atom is 0.306 e. The van der Waals surface area contributed by atoms with E-state index in [1.165, 1.54) is 135 Å². The lowest BCUT2D eigenvalue weighted by Gasteiger charge is -2.30. The fourth-order valence-electron chi connectivity index (χ4n) is 9.34. The summed E-state index contributed by atoms with van der Waals surface area (Å²) in [6.07, 6.45) is 80.9. The quantitative estimate of drug-likeness (QED) is 0.0212. The molecule has 0 saturated heterocycles. The number of ether oxygens (including phenoxy) is 1. The number of esters is 1. The van der Waals surface area contributed by atoms with Gasteiger partial charge < -0.3 is 28.5 Å². The van der Waals surface area contributed by atoms with Crippen LogP contribution in [0.3, 0.4) is 0 Å². The molecule has 0 radical (unpaired) electrons. The van der Waals surface area contributed by atoms with E-state index in [1.54, 1.807) is 0 Å². The Hall–Kier alpha value is -3.07. The monoisotopic (exact) mass is 1150 g/mol. The zero-order chi connectivity index (χ0) is 59.3. The molecule has 81 heavy (non-hydrogen) atoms. The van der Waals surface area contributed by atoms with E-state index in [9.17, 15) is 19.0 Å². The summed E-state index contributed by atoms with van der Waals surface area (Å²) in [5.41, 5.74) is 0. The first-order valence-corrected chi connectivity index (χ1v) is 35.0. The zero-order valence-corrected chi connectivity index (χ0v) is 54.4. The van der Waals surface area contributed by atoms with Crippen molar-refractivity contribution >= 4 is 19.7 Å². The second-order valence-electron chi connectivity index (χ2n) is 23.6. The van der Waals surface area contributed by atoms with Crippen molar-refractivity contribution in [3.05, 3.63) is 97.2 Å². The van der Waals surface area contributed by atoms with Crippen LogP contribution >= 0.6 is 7.82 Å². The van der Waals surface area contributed by atoms with Crippen LogP contribution in [0.2, 0.25) is 0 Å². The average Bonchev–Trinajstić information content (AvgIpc) is 3.44. The number of hydrogen-bond donors (Lipinski definition) is 1. The van der Waals surface area contributed by atoms with Crippen LogP contribution < -0.4 is 10.2 Å². The maximum absolute atomic E-state index is 13.6. The lowest BCUT2D eigenvalue weighted by molar-refractivity contribution is -0.870. The van der Waals surface area contributed by atoms with Crippen LogP contribution in [-0.4, -0.2) is 69.4 Å². The van der Waals surface area contributed by atoms with Gasteiger partial charge in [0, 0.05) is 12.8 Å². The van der Waals surface area contributed by atoms with Crippen LogP contribution in [0.25, 0.3) is 0 Å². The van der Waals surface area contributed by atoms with Gasteiger partial charge in [0.15, 0.2) is 0 Å². The molecule has 1 N–H and O–H groups in total. The van der Waals surface area contributed by atoms with Crippen molar-refractivity contribution in [1.82, 2.24) is 5.32 Å². The van der Waals surface area contributed by atoms with E-state index in [0.717, 1.165) is 122 Å². The number of phosphoric acid groups is 1. The molecule has 9 nitrogen and oxygen atoms in total. The highest BCUT2D eigenvalue weighted by molar-refractivity contribution is 7.45. The number of quaternary nitrogens is 1. The van der Waals surface area contributed by atoms with Gasteiger partial charge in [0.25, 0.3) is 7.82 Å². The van der Waals surface area contributed by atoms with E-state index in [4.69, 9.17) is 13.8 Å². The molecule has 0 spiro atoms. The Balaban J connectivity index is 5.11. The van der Waals surface area contributed by atoms with Gasteiger partial charge in [-0.25, -0.2) is 0 Å². The normalized spacial score (nSPS) is 14.2. The van der Waals surface area contributed by atoms with Crippen LogP contribution in [0.15, 0.2) is 97.2 Å². The summed E-state index contributed by atoms with van der Waals surface area (Å²) in [4.78, 5) is 40.1. The number of allylic oxidation sites excluding steroid dienone is 15. The Bertz CT molecular complexity index is 1710. The van der Waals surface area contributed by atoms with Crippen molar-refractivity contribution in [2.24, 2.45) is 0 Å². The maximum atomic E-state index is 13.6. The van der Waals surface area contributed by atoms with E-state index in [0.29, 0.717) is 17.4 Å². The molecule has 0 rings (SSSR count). The summed E-state index contributed by atoms with van der Waals surface area (Å²) in [6.45, 7) is 6.70. The van der Waals surface area contributed by atoms with Gasteiger partial charge >= 0.3 is 5.97 Å². The van der Waals surface area contributed by atoms with Crippen molar-refractivity contribution < 1.29 is 37.3 Å². The SMILES string of the molecule is CC/C=C\C/C=C\C/C=C\C/C=C\C/C=C\CCCCCCCCCCCC(=O)NC(COP(=O)([O-])OCC[N+](C)(C)C)C(/C=C\CCCCCCCCCCC)OC(=O)CCCCCCCCCCC/C=C\C/C=C\CCCCC. The number of likely N-dealkylation sites (N-methyl/N-ethyl adjacent to an activating group) is 1. The molecule has 0 aliphatic heterocycles. The highest BCUT2D eigenvalue weighted by Crippen LogP contribution is 2.38. The Morgan fingerprint density at radius 2 is 0.790 bits per heavy atom. The third kappa shape index (κ3) is 61.3. The first-order valence-electron chi connectivity index (χ1n) is 33.5. The standard InChI is InChI=1S/C71H127N2O7P/c1-7-10-13-16-19-22-25-27-29-31-33-34-35-36-37-38-40-41-43-45-48-51-54-57-60-63-70(74)72-68(67-79-81(76,77)78-66-65-73(4,5)6)69(62-59-56-53-50-47-24-21-18-15-12-9-3)80-71(75)64-61-58-55-52-49-46-44-42-39-32-30-28-26-23-20-17-14-11-8-2/h10,13,19-20,22-23,27-30,33-34,36-37,59,62,68-69H,7-9,11-12,14-18,21,24-26,31-32,35,38-58,60-61,63-67H2,1-6H3,(H-,72,74,76,77)/b13-10-,22-19-,23-20-,29-27-,30-28-,34-33-,37-36-,62-59-. The number of rotatable bonds is 60. The first kappa shape index (κ1) is 77.9. The predicted octanol–water partition coefficient (Wildman–Crippen LogP) is 20.5. The molecule has 3 unspecified atom stereocenters. The first-order chi connectivity index (χ1) is 39.4. The number of phosphoric ester groups is 1. The number of nitrogens with zero attached hydrogens (tertiary/aromatic N) is 1. The molecule has 10 heteroatoms. The number of nitrogens with one attached hydrogen (secondary N) is 1. The van der Waals surface area contributed by atoms with Crippen molar-refractivity contribution in [1.29, 1.82) is 0 Å². The van der Waals surface area contributed by atoms with E-state index < -0.39 is 26.6 Å². The summed E-state index contributed by atoms with van der Waals surface area (Å²) in [7, 11) is 1.17. The molecule has 0 saturated carbocycles. The van der Waals surface area contributed by atoms with Crippen molar-refractivity contribution in [2.45, 2.75) is 303 Å². The van der Waals surface area contributed by atoms with E-state index >= 15 is 0 Å². The number of amides is 1. The van der Waals surface area contributed by atoms with Gasteiger partial charge in [0.05, 0.1) is 33.8 Å². The summed E-state index contributed by atoms with van der Waals surface area (Å²) < 4.78 is 30.4. The second-order valence-corrected chi connectivity index (χ2v) is 25.0. The number of carbonyl (C=O) groups excluding carboxylic acids is 2. The molecule has 0 heterocycles. The minimum Gasteiger partial charge on any atom is -0.756 e. The topological polar surface area (TPSA) is 114 Å². The minimum absolute atomic E-state index is 0.0280. The fourth-order valence-corrected chi connectivity index (χ4v) is 10.1. The van der Waals surface area contributed by atoms with E-state index in [1.807, 2.05) is 33.3 Å². The number of hydrogen-bond acceptors (Lipinski definition) is 7. The van der Waals surface area contributed by atoms with Gasteiger partial charge in [0.1, 0.15) is 19.3 Å². The molecule has 0 aromatic rings. The van der Waals surface area contributed by atoms with Crippen molar-refractivity contribution in [3.63, 3.8) is 0 Å². The Morgan fingerprint density at radius 3 is 1.21 bits per heavy atom. The van der Waals surface area contributed by atoms with Crippen LogP contribution in [0, 0.1) is 0 Å².